The molecule has 1 aromatic carbocycles. The molecule has 124 valence electrons. The summed E-state index contributed by atoms with van der Waals surface area (Å²) in [5.41, 5.74) is 2.04. The van der Waals surface area contributed by atoms with E-state index in [0.29, 0.717) is 15.9 Å². The minimum Gasteiger partial charge on any atom is -0.422 e. The highest BCUT2D eigenvalue weighted by atomic mass is 79.9. The Morgan fingerprint density at radius 1 is 1.21 bits per heavy atom. The Balaban J connectivity index is 0.00000169. The zero-order valence-electron chi connectivity index (χ0n) is 12.8. The molecule has 4 rings (SSSR count). The summed E-state index contributed by atoms with van der Waals surface area (Å²) in [4.78, 5) is 19.9. The summed E-state index contributed by atoms with van der Waals surface area (Å²) in [5.74, 6) is 0.463. The number of aryl methyl sites for hydroxylation is 1. The fraction of sp³-hybridized carbons (Fsp3) is 0.235. The number of fused-ring (bicyclic) bond motifs is 2. The van der Waals surface area contributed by atoms with Crippen molar-refractivity contribution in [2.75, 3.05) is 5.32 Å². The number of pyridine rings is 1. The van der Waals surface area contributed by atoms with Crippen LogP contribution >= 0.6 is 17.0 Å². The third-order valence-corrected chi connectivity index (χ3v) is 4.31. The second-order valence-electron chi connectivity index (χ2n) is 5.72. The molecule has 3 aromatic rings. The standard InChI is InChI=1S/C17H16N4O2.BrH/c22-17-20-15(13-8-4-10-18-16(13)21(17)23)19-14-9-3-6-11-5-1-2-7-12(11)14;/h1-2,4-5,7-8,10,14,23H,3,6,9H2,(H,19,20,22);1H. The van der Waals surface area contributed by atoms with Gasteiger partial charge in [-0.2, -0.15) is 4.98 Å². The predicted molar refractivity (Wildman–Crippen MR) is 97.0 cm³/mol. The second kappa shape index (κ2) is 6.60. The molecule has 0 amide bonds. The zero-order valence-corrected chi connectivity index (χ0v) is 14.6. The van der Waals surface area contributed by atoms with Crippen molar-refractivity contribution in [1.29, 1.82) is 0 Å². The van der Waals surface area contributed by atoms with Crippen LogP contribution in [-0.2, 0) is 6.42 Å². The molecule has 2 heterocycles. The van der Waals surface area contributed by atoms with Gasteiger partial charge in [-0.3, -0.25) is 0 Å². The highest BCUT2D eigenvalue weighted by molar-refractivity contribution is 8.93. The molecular formula is C17H17BrN4O2. The summed E-state index contributed by atoms with van der Waals surface area (Å²) in [5, 5.41) is 13.8. The van der Waals surface area contributed by atoms with E-state index in [4.69, 9.17) is 0 Å². The average molecular weight is 389 g/mol. The Kier molecular flexibility index (Phi) is 4.53. The van der Waals surface area contributed by atoms with Crippen molar-refractivity contribution >= 4 is 33.8 Å². The van der Waals surface area contributed by atoms with Gasteiger partial charge < -0.3 is 10.5 Å². The van der Waals surface area contributed by atoms with Crippen LogP contribution in [0.3, 0.4) is 0 Å². The summed E-state index contributed by atoms with van der Waals surface area (Å²) in [6.07, 6.45) is 4.67. The number of aromatic nitrogens is 3. The summed E-state index contributed by atoms with van der Waals surface area (Å²) in [6.45, 7) is 0. The van der Waals surface area contributed by atoms with E-state index in [9.17, 15) is 10.0 Å². The minimum absolute atomic E-state index is 0. The minimum atomic E-state index is -0.734. The molecule has 0 aliphatic heterocycles. The number of hydrogen-bond donors (Lipinski definition) is 2. The van der Waals surface area contributed by atoms with Gasteiger partial charge in [0.1, 0.15) is 5.82 Å². The molecule has 1 aliphatic rings. The van der Waals surface area contributed by atoms with Crippen molar-refractivity contribution in [3.05, 3.63) is 64.2 Å². The first-order valence-electron chi connectivity index (χ1n) is 7.65. The highest BCUT2D eigenvalue weighted by Gasteiger charge is 2.21. The van der Waals surface area contributed by atoms with Gasteiger partial charge >= 0.3 is 5.69 Å². The van der Waals surface area contributed by atoms with Gasteiger partial charge in [-0.15, -0.1) is 21.7 Å². The van der Waals surface area contributed by atoms with Crippen molar-refractivity contribution in [2.45, 2.75) is 25.3 Å². The quantitative estimate of drug-likeness (QED) is 0.659. The molecule has 2 N–H and O–H groups in total. The van der Waals surface area contributed by atoms with Gasteiger partial charge in [0.2, 0.25) is 0 Å². The van der Waals surface area contributed by atoms with Crippen LogP contribution in [0.1, 0.15) is 30.0 Å². The van der Waals surface area contributed by atoms with Crippen molar-refractivity contribution < 1.29 is 5.21 Å². The molecule has 0 fully saturated rings. The van der Waals surface area contributed by atoms with E-state index in [2.05, 4.69) is 27.4 Å². The van der Waals surface area contributed by atoms with Gasteiger partial charge in [-0.25, -0.2) is 9.78 Å². The van der Waals surface area contributed by atoms with Crippen LogP contribution in [0, 0.1) is 0 Å². The molecule has 6 nitrogen and oxygen atoms in total. The Bertz CT molecular complexity index is 941. The fourth-order valence-electron chi connectivity index (χ4n) is 3.22. The fourth-order valence-corrected chi connectivity index (χ4v) is 3.22. The van der Waals surface area contributed by atoms with E-state index >= 15 is 0 Å². The Hall–Kier alpha value is -2.41. The van der Waals surface area contributed by atoms with E-state index in [-0.39, 0.29) is 28.7 Å². The van der Waals surface area contributed by atoms with Crippen molar-refractivity contribution in [3.8, 4) is 0 Å². The number of hydrogen-bond acceptors (Lipinski definition) is 5. The third-order valence-electron chi connectivity index (χ3n) is 4.31. The average Bonchev–Trinajstić information content (AvgIpc) is 2.60. The molecule has 24 heavy (non-hydrogen) atoms. The van der Waals surface area contributed by atoms with E-state index < -0.39 is 5.69 Å². The van der Waals surface area contributed by atoms with E-state index in [1.165, 1.54) is 17.3 Å². The SMILES string of the molecule is Br.O=c1nc(NC2CCCc3ccccc32)c2cccnc2n1O. The lowest BCUT2D eigenvalue weighted by Gasteiger charge is -2.27. The monoisotopic (exact) mass is 388 g/mol. The molecule has 0 saturated carbocycles. The van der Waals surface area contributed by atoms with Crippen LogP contribution in [-0.4, -0.2) is 19.9 Å². The normalized spacial score (nSPS) is 16.2. The molecule has 0 saturated heterocycles. The van der Waals surface area contributed by atoms with Gasteiger partial charge in [-0.05, 0) is 42.5 Å². The number of nitrogens with one attached hydrogen (secondary N) is 1. The van der Waals surface area contributed by atoms with Gasteiger partial charge in [0, 0.05) is 6.20 Å². The van der Waals surface area contributed by atoms with Crippen LogP contribution in [0.4, 0.5) is 5.82 Å². The molecule has 2 aromatic heterocycles. The number of benzene rings is 1. The molecule has 0 radical (unpaired) electrons. The second-order valence-corrected chi connectivity index (χ2v) is 5.72. The van der Waals surface area contributed by atoms with Crippen LogP contribution in [0.2, 0.25) is 0 Å². The smallest absolute Gasteiger partial charge is 0.384 e. The largest absolute Gasteiger partial charge is 0.422 e. The summed E-state index contributed by atoms with van der Waals surface area (Å²) < 4.78 is 0.481. The van der Waals surface area contributed by atoms with E-state index in [0.717, 1.165) is 19.3 Å². The van der Waals surface area contributed by atoms with Gasteiger partial charge in [0.25, 0.3) is 0 Å². The van der Waals surface area contributed by atoms with Crippen molar-refractivity contribution in [2.24, 2.45) is 0 Å². The van der Waals surface area contributed by atoms with Crippen LogP contribution in [0.15, 0.2) is 47.4 Å². The lowest BCUT2D eigenvalue weighted by atomic mass is 9.88. The predicted octanol–water partition coefficient (Wildman–Crippen LogP) is 3.10. The third kappa shape index (κ3) is 2.75. The topological polar surface area (TPSA) is 80.0 Å². The molecule has 0 bridgehead atoms. The van der Waals surface area contributed by atoms with Crippen LogP contribution in [0.25, 0.3) is 11.0 Å². The first-order valence-corrected chi connectivity index (χ1v) is 7.65. The maximum Gasteiger partial charge on any atom is 0.384 e. The lowest BCUT2D eigenvalue weighted by molar-refractivity contribution is 0.182. The Labute approximate surface area is 148 Å². The van der Waals surface area contributed by atoms with Crippen molar-refractivity contribution in [1.82, 2.24) is 14.7 Å². The van der Waals surface area contributed by atoms with Crippen molar-refractivity contribution in [3.63, 3.8) is 0 Å². The number of nitrogens with zero attached hydrogens (tertiary/aromatic N) is 3. The summed E-state index contributed by atoms with van der Waals surface area (Å²) in [7, 11) is 0. The highest BCUT2D eigenvalue weighted by Crippen LogP contribution is 2.33. The maximum absolute atomic E-state index is 11.9. The molecule has 1 atom stereocenters. The number of anilines is 1. The maximum atomic E-state index is 11.9. The molecular weight excluding hydrogens is 372 g/mol. The number of rotatable bonds is 2. The van der Waals surface area contributed by atoms with E-state index in [1.54, 1.807) is 12.1 Å². The molecule has 0 spiro atoms. The summed E-state index contributed by atoms with van der Waals surface area (Å²) in [6, 6.07) is 12.0. The molecule has 7 heteroatoms. The zero-order chi connectivity index (χ0) is 15.8. The molecule has 1 unspecified atom stereocenters. The first-order chi connectivity index (χ1) is 11.2. The van der Waals surface area contributed by atoms with Gasteiger partial charge in [0.05, 0.1) is 11.4 Å². The number of halogens is 1. The van der Waals surface area contributed by atoms with Gasteiger partial charge in [-0.1, -0.05) is 24.3 Å². The van der Waals surface area contributed by atoms with Crippen LogP contribution in [0.5, 0.6) is 0 Å². The van der Waals surface area contributed by atoms with Gasteiger partial charge in [0.15, 0.2) is 5.65 Å². The lowest BCUT2D eigenvalue weighted by Crippen LogP contribution is -2.25. The Morgan fingerprint density at radius 3 is 2.92 bits per heavy atom. The summed E-state index contributed by atoms with van der Waals surface area (Å²) >= 11 is 0. The molecule has 1 aliphatic carbocycles. The van der Waals surface area contributed by atoms with E-state index in [1.807, 2.05) is 12.1 Å². The first kappa shape index (κ1) is 16.4. The van der Waals surface area contributed by atoms with Crippen LogP contribution < -0.4 is 11.0 Å². The Morgan fingerprint density at radius 2 is 2.04 bits per heavy atom.